The Labute approximate surface area is 278 Å². The number of carbonyl (C=O) groups excluding carboxylic acids is 3. The molecule has 0 saturated carbocycles. The Hall–Kier alpha value is -4.85. The molecule has 0 atom stereocenters. The van der Waals surface area contributed by atoms with Gasteiger partial charge in [0.2, 0.25) is 0 Å². The minimum Gasteiger partial charge on any atom is -0.494 e. The summed E-state index contributed by atoms with van der Waals surface area (Å²) in [5.74, 6) is 0.866. The molecule has 0 fully saturated rings. The van der Waals surface area contributed by atoms with Crippen LogP contribution in [0.4, 0.5) is 0 Å². The van der Waals surface area contributed by atoms with Crippen molar-refractivity contribution in [2.75, 3.05) is 26.4 Å². The molecule has 47 heavy (non-hydrogen) atoms. The van der Waals surface area contributed by atoms with E-state index in [4.69, 9.17) is 23.7 Å². The van der Waals surface area contributed by atoms with Crippen molar-refractivity contribution in [3.63, 3.8) is 0 Å². The Kier molecular flexibility index (Phi) is 17.0. The van der Waals surface area contributed by atoms with E-state index in [0.717, 1.165) is 75.5 Å². The summed E-state index contributed by atoms with van der Waals surface area (Å²) in [6.07, 6.45) is 11.5. The summed E-state index contributed by atoms with van der Waals surface area (Å²) in [5, 5.41) is 0. The van der Waals surface area contributed by atoms with Crippen molar-refractivity contribution in [2.45, 2.75) is 64.2 Å². The van der Waals surface area contributed by atoms with Gasteiger partial charge in [0.25, 0.3) is 0 Å². The summed E-state index contributed by atoms with van der Waals surface area (Å²) < 4.78 is 27.1. The smallest absolute Gasteiger partial charge is 0.343 e. The third-order valence-electron chi connectivity index (χ3n) is 7.29. The fourth-order valence-corrected chi connectivity index (χ4v) is 4.58. The highest BCUT2D eigenvalue weighted by Crippen LogP contribution is 2.19. The van der Waals surface area contributed by atoms with Crippen LogP contribution in [-0.4, -0.2) is 44.3 Å². The third-order valence-corrected chi connectivity index (χ3v) is 7.29. The molecule has 8 nitrogen and oxygen atoms in total. The van der Waals surface area contributed by atoms with Crippen molar-refractivity contribution in [1.29, 1.82) is 0 Å². The van der Waals surface area contributed by atoms with Gasteiger partial charge in [-0.3, -0.25) is 0 Å². The van der Waals surface area contributed by atoms with E-state index in [9.17, 15) is 14.4 Å². The Morgan fingerprint density at radius 1 is 0.489 bits per heavy atom. The first-order valence-electron chi connectivity index (χ1n) is 16.3. The van der Waals surface area contributed by atoms with Gasteiger partial charge in [0, 0.05) is 12.2 Å². The molecule has 0 aliphatic rings. The Morgan fingerprint density at radius 3 is 1.30 bits per heavy atom. The van der Waals surface area contributed by atoms with E-state index in [-0.39, 0.29) is 11.9 Å². The molecule has 0 heterocycles. The molecule has 0 aliphatic carbocycles. The Bertz CT molecular complexity index is 1380. The molecule has 3 aromatic rings. The van der Waals surface area contributed by atoms with Crippen molar-refractivity contribution in [3.8, 4) is 17.2 Å². The SMILES string of the molecule is C=CC(=O)OCCCCCCOc1ccc(CCc2ccc(OC(=O)c3ccc(OCCCCCCOC(=O)C=C)cc3)cc2)cc1. The van der Waals surface area contributed by atoms with Crippen molar-refractivity contribution >= 4 is 17.9 Å². The van der Waals surface area contributed by atoms with Crippen LogP contribution in [0.5, 0.6) is 17.2 Å². The predicted octanol–water partition coefficient (Wildman–Crippen LogP) is 8.03. The summed E-state index contributed by atoms with van der Waals surface area (Å²) >= 11 is 0. The number of benzene rings is 3. The van der Waals surface area contributed by atoms with Crippen LogP contribution >= 0.6 is 0 Å². The van der Waals surface area contributed by atoms with Gasteiger partial charge in [-0.2, -0.15) is 0 Å². The van der Waals surface area contributed by atoms with Crippen LogP contribution in [0.15, 0.2) is 98.1 Å². The van der Waals surface area contributed by atoms with E-state index >= 15 is 0 Å². The highest BCUT2D eigenvalue weighted by atomic mass is 16.5. The largest absolute Gasteiger partial charge is 0.494 e. The van der Waals surface area contributed by atoms with Gasteiger partial charge < -0.3 is 23.7 Å². The Balaban J connectivity index is 1.28. The molecule has 0 saturated heterocycles. The zero-order valence-electron chi connectivity index (χ0n) is 27.2. The number of rotatable bonds is 23. The lowest BCUT2D eigenvalue weighted by molar-refractivity contribution is -0.138. The highest BCUT2D eigenvalue weighted by molar-refractivity contribution is 5.91. The zero-order chi connectivity index (χ0) is 33.5. The second-order valence-electron chi connectivity index (χ2n) is 11.0. The second kappa shape index (κ2) is 21.8. The summed E-state index contributed by atoms with van der Waals surface area (Å²) in [5.41, 5.74) is 2.83. The third kappa shape index (κ3) is 15.3. The molecule has 0 spiro atoms. The van der Waals surface area contributed by atoms with E-state index < -0.39 is 5.97 Å². The summed E-state index contributed by atoms with van der Waals surface area (Å²) in [6, 6.07) is 22.7. The van der Waals surface area contributed by atoms with E-state index in [1.807, 2.05) is 36.4 Å². The molecule has 3 rings (SSSR count). The lowest BCUT2D eigenvalue weighted by Gasteiger charge is -2.09. The average Bonchev–Trinajstić information content (AvgIpc) is 3.10. The minimum absolute atomic E-state index is 0.373. The molecule has 8 heteroatoms. The zero-order valence-corrected chi connectivity index (χ0v) is 27.2. The number of hydrogen-bond acceptors (Lipinski definition) is 8. The molecule has 0 unspecified atom stereocenters. The van der Waals surface area contributed by atoms with E-state index in [1.165, 1.54) is 17.7 Å². The first kappa shape index (κ1) is 36.6. The number of aryl methyl sites for hydroxylation is 2. The minimum atomic E-state index is -0.421. The number of unbranched alkanes of at least 4 members (excludes halogenated alkanes) is 6. The van der Waals surface area contributed by atoms with Crippen molar-refractivity contribution in [2.24, 2.45) is 0 Å². The maximum Gasteiger partial charge on any atom is 0.343 e. The number of carbonyl (C=O) groups is 3. The summed E-state index contributed by atoms with van der Waals surface area (Å²) in [7, 11) is 0. The van der Waals surface area contributed by atoms with Crippen LogP contribution in [0.25, 0.3) is 0 Å². The monoisotopic (exact) mass is 642 g/mol. The van der Waals surface area contributed by atoms with Crippen molar-refractivity contribution in [1.82, 2.24) is 0 Å². The molecule has 3 aromatic carbocycles. The predicted molar refractivity (Wildman–Crippen MR) is 182 cm³/mol. The van der Waals surface area contributed by atoms with Gasteiger partial charge in [-0.1, -0.05) is 37.4 Å². The van der Waals surface area contributed by atoms with Gasteiger partial charge in [0.15, 0.2) is 0 Å². The van der Waals surface area contributed by atoms with Crippen LogP contribution in [0.2, 0.25) is 0 Å². The molecular formula is C39H46O8. The average molecular weight is 643 g/mol. The highest BCUT2D eigenvalue weighted by Gasteiger charge is 2.09. The van der Waals surface area contributed by atoms with Gasteiger partial charge in [0.1, 0.15) is 17.2 Å². The number of ether oxygens (including phenoxy) is 5. The molecular weight excluding hydrogens is 596 g/mol. The molecule has 0 amide bonds. The lowest BCUT2D eigenvalue weighted by Crippen LogP contribution is -2.08. The molecule has 0 N–H and O–H groups in total. The van der Waals surface area contributed by atoms with Crippen LogP contribution < -0.4 is 14.2 Å². The van der Waals surface area contributed by atoms with Gasteiger partial charge >= 0.3 is 17.9 Å². The maximum absolute atomic E-state index is 12.6. The van der Waals surface area contributed by atoms with Crippen molar-refractivity contribution < 1.29 is 38.1 Å². The lowest BCUT2D eigenvalue weighted by atomic mass is 10.0. The van der Waals surface area contributed by atoms with E-state index in [1.54, 1.807) is 24.3 Å². The standard InChI is InChI=1S/C39H46O8/c1-3-37(40)45-29-11-7-5-9-27-43-34-21-15-31(16-22-34)13-14-32-17-23-36(24-18-32)47-39(42)33-19-25-35(26-20-33)44-28-10-6-8-12-30-46-38(41)4-2/h3-4,15-26H,1-2,5-14,27-30H2. The molecule has 0 bridgehead atoms. The molecule has 0 aromatic heterocycles. The normalized spacial score (nSPS) is 10.5. The van der Waals surface area contributed by atoms with Gasteiger partial charge in [0.05, 0.1) is 32.0 Å². The van der Waals surface area contributed by atoms with Crippen LogP contribution in [-0.2, 0) is 31.9 Å². The van der Waals surface area contributed by atoms with Crippen LogP contribution in [0.3, 0.4) is 0 Å². The van der Waals surface area contributed by atoms with Crippen LogP contribution in [0.1, 0.15) is 72.9 Å². The van der Waals surface area contributed by atoms with E-state index in [0.29, 0.717) is 43.5 Å². The molecule has 0 aliphatic heterocycles. The number of hydrogen-bond donors (Lipinski definition) is 0. The molecule has 250 valence electrons. The topological polar surface area (TPSA) is 97.4 Å². The van der Waals surface area contributed by atoms with Gasteiger partial charge in [-0.05, 0) is 124 Å². The summed E-state index contributed by atoms with van der Waals surface area (Å²) in [4.78, 5) is 34.6. The number of esters is 3. The van der Waals surface area contributed by atoms with Gasteiger partial charge in [-0.25, -0.2) is 14.4 Å². The molecule has 0 radical (unpaired) electrons. The fourth-order valence-electron chi connectivity index (χ4n) is 4.58. The maximum atomic E-state index is 12.6. The fraction of sp³-hybridized carbons (Fsp3) is 0.359. The quantitative estimate of drug-likeness (QED) is 0.0444. The Morgan fingerprint density at radius 2 is 0.872 bits per heavy atom. The van der Waals surface area contributed by atoms with E-state index in [2.05, 4.69) is 25.3 Å². The first-order valence-corrected chi connectivity index (χ1v) is 16.3. The first-order chi connectivity index (χ1) is 23.0. The van der Waals surface area contributed by atoms with Gasteiger partial charge in [-0.15, -0.1) is 0 Å². The van der Waals surface area contributed by atoms with Crippen LogP contribution in [0, 0.1) is 0 Å². The second-order valence-corrected chi connectivity index (χ2v) is 11.0. The van der Waals surface area contributed by atoms with Crippen molar-refractivity contribution in [3.05, 3.63) is 115 Å². The summed E-state index contributed by atoms with van der Waals surface area (Å²) in [6.45, 7) is 8.82.